The number of anilines is 1. The van der Waals surface area contributed by atoms with E-state index in [9.17, 15) is 13.2 Å². The standard InChI is InChI=1S/C13H10ClF3N2O/c14-10-4-2-1-3-8(10)7-20-12-6-9(13(15,16)17)5-11(18)19-12/h1-6H,7H2,(H2,18,19). The maximum Gasteiger partial charge on any atom is 0.416 e. The zero-order valence-electron chi connectivity index (χ0n) is 10.1. The molecule has 2 rings (SSSR count). The Morgan fingerprint density at radius 2 is 1.90 bits per heavy atom. The van der Waals surface area contributed by atoms with Gasteiger partial charge in [0.1, 0.15) is 12.4 Å². The summed E-state index contributed by atoms with van der Waals surface area (Å²) in [5, 5.41) is 0.465. The van der Waals surface area contributed by atoms with Crippen LogP contribution in [-0.4, -0.2) is 4.98 Å². The fourth-order valence-electron chi connectivity index (χ4n) is 1.53. The Hall–Kier alpha value is -1.95. The molecule has 0 aliphatic carbocycles. The maximum atomic E-state index is 12.6. The van der Waals surface area contributed by atoms with Crippen molar-refractivity contribution in [1.29, 1.82) is 0 Å². The van der Waals surface area contributed by atoms with Crippen LogP contribution >= 0.6 is 11.6 Å². The van der Waals surface area contributed by atoms with Gasteiger partial charge in [-0.15, -0.1) is 0 Å². The van der Waals surface area contributed by atoms with E-state index in [0.717, 1.165) is 12.1 Å². The lowest BCUT2D eigenvalue weighted by molar-refractivity contribution is -0.137. The Labute approximate surface area is 118 Å². The molecule has 0 radical (unpaired) electrons. The summed E-state index contributed by atoms with van der Waals surface area (Å²) in [6, 6.07) is 8.41. The van der Waals surface area contributed by atoms with E-state index < -0.39 is 11.7 Å². The third-order valence-electron chi connectivity index (χ3n) is 2.48. The van der Waals surface area contributed by atoms with Crippen LogP contribution in [0.4, 0.5) is 19.0 Å². The number of benzene rings is 1. The highest BCUT2D eigenvalue weighted by molar-refractivity contribution is 6.31. The topological polar surface area (TPSA) is 48.1 Å². The molecule has 20 heavy (non-hydrogen) atoms. The van der Waals surface area contributed by atoms with Gasteiger partial charge < -0.3 is 10.5 Å². The van der Waals surface area contributed by atoms with E-state index in [1.165, 1.54) is 0 Å². The van der Waals surface area contributed by atoms with E-state index in [-0.39, 0.29) is 18.3 Å². The second kappa shape index (κ2) is 5.58. The number of alkyl halides is 3. The predicted octanol–water partition coefficient (Wildman–Crippen LogP) is 3.92. The van der Waals surface area contributed by atoms with Gasteiger partial charge in [0.25, 0.3) is 0 Å². The fourth-order valence-corrected chi connectivity index (χ4v) is 1.72. The first kappa shape index (κ1) is 14.5. The maximum absolute atomic E-state index is 12.6. The monoisotopic (exact) mass is 302 g/mol. The van der Waals surface area contributed by atoms with Crippen molar-refractivity contribution in [2.75, 3.05) is 5.73 Å². The lowest BCUT2D eigenvalue weighted by Crippen LogP contribution is -2.08. The van der Waals surface area contributed by atoms with Gasteiger partial charge in [-0.2, -0.15) is 18.2 Å². The first-order valence-electron chi connectivity index (χ1n) is 5.57. The molecule has 0 aliphatic heterocycles. The Morgan fingerprint density at radius 3 is 2.55 bits per heavy atom. The summed E-state index contributed by atoms with van der Waals surface area (Å²) >= 11 is 5.92. The zero-order valence-corrected chi connectivity index (χ0v) is 10.9. The van der Waals surface area contributed by atoms with Crippen LogP contribution < -0.4 is 10.5 Å². The molecule has 0 saturated carbocycles. The van der Waals surface area contributed by atoms with Crippen molar-refractivity contribution in [3.8, 4) is 5.88 Å². The number of pyridine rings is 1. The van der Waals surface area contributed by atoms with Crippen molar-refractivity contribution in [2.24, 2.45) is 0 Å². The van der Waals surface area contributed by atoms with E-state index in [1.807, 2.05) is 0 Å². The molecule has 106 valence electrons. The molecule has 0 bridgehead atoms. The Morgan fingerprint density at radius 1 is 1.20 bits per heavy atom. The molecule has 1 aromatic heterocycles. The summed E-state index contributed by atoms with van der Waals surface area (Å²) < 4.78 is 43.1. The fraction of sp³-hybridized carbons (Fsp3) is 0.154. The number of ether oxygens (including phenoxy) is 1. The van der Waals surface area contributed by atoms with Crippen LogP contribution in [-0.2, 0) is 12.8 Å². The molecule has 0 atom stereocenters. The van der Waals surface area contributed by atoms with Crippen molar-refractivity contribution in [3.63, 3.8) is 0 Å². The second-order valence-corrected chi connectivity index (χ2v) is 4.40. The van der Waals surface area contributed by atoms with Crippen LogP contribution in [0.5, 0.6) is 5.88 Å². The normalized spacial score (nSPS) is 11.4. The first-order valence-corrected chi connectivity index (χ1v) is 5.95. The molecule has 0 spiro atoms. The van der Waals surface area contributed by atoms with Crippen LogP contribution in [0.3, 0.4) is 0 Å². The van der Waals surface area contributed by atoms with Crippen LogP contribution in [0, 0.1) is 0 Å². The predicted molar refractivity (Wildman–Crippen MR) is 69.4 cm³/mol. The third kappa shape index (κ3) is 3.54. The number of nitrogens with two attached hydrogens (primary N) is 1. The number of hydrogen-bond donors (Lipinski definition) is 1. The average molecular weight is 303 g/mol. The molecule has 2 aromatic rings. The quantitative estimate of drug-likeness (QED) is 0.935. The van der Waals surface area contributed by atoms with Crippen LogP contribution in [0.25, 0.3) is 0 Å². The van der Waals surface area contributed by atoms with Gasteiger partial charge in [-0.05, 0) is 12.1 Å². The zero-order chi connectivity index (χ0) is 14.8. The van der Waals surface area contributed by atoms with Gasteiger partial charge in [0, 0.05) is 16.7 Å². The third-order valence-corrected chi connectivity index (χ3v) is 2.85. The van der Waals surface area contributed by atoms with Crippen molar-refractivity contribution >= 4 is 17.4 Å². The Bertz CT molecular complexity index is 617. The molecule has 0 saturated heterocycles. The van der Waals surface area contributed by atoms with E-state index in [0.29, 0.717) is 10.6 Å². The molecule has 2 N–H and O–H groups in total. The summed E-state index contributed by atoms with van der Waals surface area (Å²) in [7, 11) is 0. The molecule has 1 aromatic carbocycles. The smallest absolute Gasteiger partial charge is 0.416 e. The summed E-state index contributed by atoms with van der Waals surface area (Å²) in [5.41, 5.74) is 5.08. The minimum Gasteiger partial charge on any atom is -0.473 e. The van der Waals surface area contributed by atoms with Gasteiger partial charge in [-0.25, -0.2) is 0 Å². The number of nitrogens with zero attached hydrogens (tertiary/aromatic N) is 1. The summed E-state index contributed by atoms with van der Waals surface area (Å²) in [6.45, 7) is 0.00736. The molecular formula is C13H10ClF3N2O. The Balaban J connectivity index is 2.18. The first-order chi connectivity index (χ1) is 9.36. The number of halogens is 4. The second-order valence-electron chi connectivity index (χ2n) is 4.00. The lowest BCUT2D eigenvalue weighted by Gasteiger charge is -2.11. The molecule has 0 unspecified atom stereocenters. The molecule has 0 amide bonds. The lowest BCUT2D eigenvalue weighted by atomic mass is 10.2. The van der Waals surface area contributed by atoms with Gasteiger partial charge in [-0.1, -0.05) is 29.8 Å². The van der Waals surface area contributed by atoms with Crippen molar-refractivity contribution < 1.29 is 17.9 Å². The van der Waals surface area contributed by atoms with E-state index in [2.05, 4.69) is 4.98 Å². The summed E-state index contributed by atoms with van der Waals surface area (Å²) in [4.78, 5) is 3.70. The molecule has 1 heterocycles. The number of hydrogen-bond acceptors (Lipinski definition) is 3. The van der Waals surface area contributed by atoms with Gasteiger partial charge in [0.05, 0.1) is 5.56 Å². The average Bonchev–Trinajstić information content (AvgIpc) is 2.36. The Kier molecular flexibility index (Phi) is 4.04. The number of aromatic nitrogens is 1. The molecular weight excluding hydrogens is 293 g/mol. The van der Waals surface area contributed by atoms with Crippen molar-refractivity contribution in [3.05, 3.63) is 52.5 Å². The van der Waals surface area contributed by atoms with Gasteiger partial charge in [0.2, 0.25) is 5.88 Å². The van der Waals surface area contributed by atoms with Crippen LogP contribution in [0.15, 0.2) is 36.4 Å². The molecule has 3 nitrogen and oxygen atoms in total. The van der Waals surface area contributed by atoms with E-state index in [4.69, 9.17) is 22.1 Å². The van der Waals surface area contributed by atoms with Crippen molar-refractivity contribution in [2.45, 2.75) is 12.8 Å². The van der Waals surface area contributed by atoms with Crippen LogP contribution in [0.2, 0.25) is 5.02 Å². The largest absolute Gasteiger partial charge is 0.473 e. The number of rotatable bonds is 3. The van der Waals surface area contributed by atoms with Gasteiger partial charge in [-0.3, -0.25) is 0 Å². The molecule has 0 fully saturated rings. The highest BCUT2D eigenvalue weighted by Crippen LogP contribution is 2.32. The van der Waals surface area contributed by atoms with Crippen molar-refractivity contribution in [1.82, 2.24) is 4.98 Å². The minimum absolute atomic E-state index is 0.00736. The van der Waals surface area contributed by atoms with E-state index >= 15 is 0 Å². The number of nitrogen functional groups attached to an aromatic ring is 1. The SMILES string of the molecule is Nc1cc(C(F)(F)F)cc(OCc2ccccc2Cl)n1. The molecule has 7 heteroatoms. The van der Waals surface area contributed by atoms with Crippen LogP contribution in [0.1, 0.15) is 11.1 Å². The summed E-state index contributed by atoms with van der Waals surface area (Å²) in [5.74, 6) is -0.453. The van der Waals surface area contributed by atoms with Gasteiger partial charge >= 0.3 is 6.18 Å². The summed E-state index contributed by atoms with van der Waals surface area (Å²) in [6.07, 6.45) is -4.50. The minimum atomic E-state index is -4.50. The highest BCUT2D eigenvalue weighted by atomic mass is 35.5. The highest BCUT2D eigenvalue weighted by Gasteiger charge is 2.31. The molecule has 0 aliphatic rings. The van der Waals surface area contributed by atoms with Gasteiger partial charge in [0.15, 0.2) is 0 Å². The van der Waals surface area contributed by atoms with E-state index in [1.54, 1.807) is 24.3 Å².